The largest absolute Gasteiger partial charge is 0.356 e. The van der Waals surface area contributed by atoms with Crippen molar-refractivity contribution in [2.24, 2.45) is 45.9 Å². The highest BCUT2D eigenvalue weighted by Crippen LogP contribution is 2.20. The van der Waals surface area contributed by atoms with Crippen molar-refractivity contribution in [1.29, 1.82) is 0 Å². The molecule has 0 unspecified atom stereocenters. The van der Waals surface area contributed by atoms with Crippen molar-refractivity contribution in [2.45, 2.75) is 296 Å². The Hall–Kier alpha value is -9.02. The first kappa shape index (κ1) is 113. The summed E-state index contributed by atoms with van der Waals surface area (Å²) in [6.07, 6.45) is 23.8. The summed E-state index contributed by atoms with van der Waals surface area (Å²) in [6.45, 7) is 10.4. The first-order chi connectivity index (χ1) is 62.2. The SMILES string of the molecule is NCCCCCCNC(=O)CCC(=O)N(CCN)Cc1ccc(CN(CCCCN(Cc2ccc(CN(CCCCN(Cc3ccc(CN(CCN)C(=O)CCC(=O)NCCCCCCN)cc3)C(=O)CCC(=O)NCCCCCCN)C(=O)CCC(=O)NCCCCCCN)cc2)C(=O)CCC(=O)NCCCCCCN)C(=O)CCC(=O)NCCCCCCN)cc1. The van der Waals surface area contributed by atoms with Gasteiger partial charge in [0.05, 0.1) is 0 Å². The minimum atomic E-state index is -0.230. The van der Waals surface area contributed by atoms with Crippen LogP contribution >= 0.6 is 0 Å². The average molecular weight is 1790 g/mol. The fraction of sp³-hybridized carbons (Fsp3) is 0.688. The van der Waals surface area contributed by atoms with Gasteiger partial charge in [-0.1, -0.05) is 150 Å². The van der Waals surface area contributed by atoms with Crippen LogP contribution in [0.2, 0.25) is 0 Å². The molecule has 0 bridgehead atoms. The van der Waals surface area contributed by atoms with Gasteiger partial charge in [-0.2, -0.15) is 0 Å². The molecule has 3 rings (SSSR count). The molecule has 0 aliphatic heterocycles. The number of nitrogens with one attached hydrogen (secondary N) is 6. The lowest BCUT2D eigenvalue weighted by atomic mass is 10.1. The summed E-state index contributed by atoms with van der Waals surface area (Å²) in [6, 6.07) is 22.9. The summed E-state index contributed by atoms with van der Waals surface area (Å²) in [5, 5.41) is 17.7. The molecule has 0 heterocycles. The molecule has 0 aliphatic carbocycles. The number of benzene rings is 3. The second-order valence-corrected chi connectivity index (χ2v) is 33.6. The molecule has 0 spiro atoms. The van der Waals surface area contributed by atoms with Gasteiger partial charge in [0.2, 0.25) is 70.9 Å². The number of nitrogens with two attached hydrogens (primary N) is 8. The molecule has 0 radical (unpaired) electrons. The van der Waals surface area contributed by atoms with Crippen molar-refractivity contribution in [3.63, 3.8) is 0 Å². The van der Waals surface area contributed by atoms with Gasteiger partial charge in [-0.3, -0.25) is 57.5 Å². The van der Waals surface area contributed by atoms with Crippen LogP contribution in [0.15, 0.2) is 72.8 Å². The molecule has 0 saturated carbocycles. The van der Waals surface area contributed by atoms with Gasteiger partial charge in [0.25, 0.3) is 0 Å². The maximum Gasteiger partial charge on any atom is 0.223 e. The van der Waals surface area contributed by atoms with Gasteiger partial charge in [0.15, 0.2) is 0 Å². The Morgan fingerprint density at radius 2 is 0.312 bits per heavy atom. The van der Waals surface area contributed by atoms with Gasteiger partial charge in [-0.25, -0.2) is 0 Å². The van der Waals surface area contributed by atoms with E-state index in [1.807, 2.05) is 72.8 Å². The Bertz CT molecular complexity index is 3320. The predicted octanol–water partition coefficient (Wildman–Crippen LogP) is 7.03. The number of hydrogen-bond donors (Lipinski definition) is 14. The van der Waals surface area contributed by atoms with Crippen LogP contribution in [0.1, 0.15) is 290 Å². The van der Waals surface area contributed by atoms with Crippen LogP contribution < -0.4 is 77.8 Å². The van der Waals surface area contributed by atoms with Crippen LogP contribution in [0, 0.1) is 0 Å². The number of hydrogen-bond acceptors (Lipinski definition) is 20. The van der Waals surface area contributed by atoms with E-state index in [2.05, 4.69) is 31.9 Å². The second kappa shape index (κ2) is 74.7. The smallest absolute Gasteiger partial charge is 0.223 e. The number of nitrogens with zero attached hydrogens (tertiary/aromatic N) is 6. The van der Waals surface area contributed by atoms with E-state index in [0.717, 1.165) is 187 Å². The number of carbonyl (C=O) groups is 12. The minimum Gasteiger partial charge on any atom is -0.356 e. The Labute approximate surface area is 765 Å². The van der Waals surface area contributed by atoms with Gasteiger partial charge in [-0.05, 0) is 175 Å². The maximum absolute atomic E-state index is 14.5. The predicted molar refractivity (Wildman–Crippen MR) is 507 cm³/mol. The van der Waals surface area contributed by atoms with E-state index in [1.54, 1.807) is 29.4 Å². The van der Waals surface area contributed by atoms with Crippen LogP contribution in [0.4, 0.5) is 0 Å². The van der Waals surface area contributed by atoms with Gasteiger partial charge < -0.3 is 107 Å². The van der Waals surface area contributed by atoms with Crippen LogP contribution in [-0.2, 0) is 96.8 Å². The topological polar surface area (TPSA) is 505 Å². The standard InChI is InChI=1S/C96H166N20O12/c97-53-13-1-7-19-61-105-85(117)41-47-91(123)111(67-25-27-69-113(93(125)49-43-87(119)107-63-21-9-3-15-55-99)75-81-33-37-83(38-34-81)77-115(71-59-103)95(127)51-45-89(121)109-65-23-11-5-17-57-101)73-79-29-31-80(32-30-79)74-112(92(124)48-42-86(118)106-62-20-8-2-14-54-98)68-26-28-70-114(94(126)50-44-88(120)108-64-22-10-4-16-56-100)76-82-35-39-84(40-36-82)78-116(72-60-104)96(128)52-46-90(122)110-66-24-12-6-18-58-102/h29-40H,1-28,41-78,97-104H2,(H,105,117)(H,106,118)(H,107,119)(H,108,120)(H,109,121)(H,110,122). The van der Waals surface area contributed by atoms with Crippen molar-refractivity contribution < 1.29 is 57.5 Å². The van der Waals surface area contributed by atoms with Crippen molar-refractivity contribution in [3.05, 3.63) is 106 Å². The van der Waals surface area contributed by atoms with E-state index < -0.39 is 0 Å². The highest BCUT2D eigenvalue weighted by Gasteiger charge is 2.24. The third-order valence-electron chi connectivity index (χ3n) is 22.5. The summed E-state index contributed by atoms with van der Waals surface area (Å²) in [5.74, 6) is -2.52. The first-order valence-electron chi connectivity index (χ1n) is 48.3. The zero-order chi connectivity index (χ0) is 93.3. The molecule has 0 atom stereocenters. The molecule has 128 heavy (non-hydrogen) atoms. The van der Waals surface area contributed by atoms with E-state index in [4.69, 9.17) is 45.9 Å². The van der Waals surface area contributed by atoms with E-state index in [9.17, 15) is 57.5 Å². The second-order valence-electron chi connectivity index (χ2n) is 33.6. The van der Waals surface area contributed by atoms with Crippen LogP contribution in [0.3, 0.4) is 0 Å². The molecule has 12 amide bonds. The molecular formula is C96H166N20O12. The molecule has 0 fully saturated rings. The Balaban J connectivity index is 1.93. The van der Waals surface area contributed by atoms with Crippen LogP contribution in [0.25, 0.3) is 0 Å². The van der Waals surface area contributed by atoms with Gasteiger partial charge in [0, 0.05) is 208 Å². The zero-order valence-corrected chi connectivity index (χ0v) is 77.8. The number of unbranched alkanes of at least 4 members (excludes halogenated alkanes) is 20. The van der Waals surface area contributed by atoms with Gasteiger partial charge in [-0.15, -0.1) is 0 Å². The molecule has 0 aliphatic rings. The molecule has 32 nitrogen and oxygen atoms in total. The average Bonchev–Trinajstić information content (AvgIpc) is 0.871. The molecular weight excluding hydrogens is 1630 g/mol. The molecule has 722 valence electrons. The van der Waals surface area contributed by atoms with E-state index in [1.165, 1.54) is 0 Å². The molecule has 0 aromatic heterocycles. The number of rotatable bonds is 80. The Morgan fingerprint density at radius 1 is 0.172 bits per heavy atom. The van der Waals surface area contributed by atoms with Gasteiger partial charge >= 0.3 is 0 Å². The summed E-state index contributed by atoms with van der Waals surface area (Å²) < 4.78 is 0. The van der Waals surface area contributed by atoms with Crippen molar-refractivity contribution in [3.8, 4) is 0 Å². The maximum atomic E-state index is 14.5. The van der Waals surface area contributed by atoms with Crippen LogP contribution in [-0.4, -0.2) is 231 Å². The van der Waals surface area contributed by atoms with Crippen molar-refractivity contribution in [1.82, 2.24) is 61.3 Å². The monoisotopic (exact) mass is 1790 g/mol. The molecule has 22 N–H and O–H groups in total. The summed E-state index contributed by atoms with van der Waals surface area (Å²) >= 11 is 0. The lowest BCUT2D eigenvalue weighted by molar-refractivity contribution is -0.135. The molecule has 3 aromatic rings. The van der Waals surface area contributed by atoms with E-state index in [-0.39, 0.29) is 213 Å². The Kier molecular flexibility index (Phi) is 66.1. The third-order valence-corrected chi connectivity index (χ3v) is 22.5. The third kappa shape index (κ3) is 56.4. The highest BCUT2D eigenvalue weighted by molar-refractivity contribution is 5.87. The fourth-order valence-corrected chi connectivity index (χ4v) is 14.8. The number of amides is 12. The first-order valence-corrected chi connectivity index (χ1v) is 48.3. The summed E-state index contributed by atoms with van der Waals surface area (Å²) in [5.41, 5.74) is 50.8. The molecule has 32 heteroatoms. The lowest BCUT2D eigenvalue weighted by Gasteiger charge is -2.26. The minimum absolute atomic E-state index is 0.00218. The molecule has 3 aromatic carbocycles. The van der Waals surface area contributed by atoms with Gasteiger partial charge in [0.1, 0.15) is 0 Å². The van der Waals surface area contributed by atoms with Crippen LogP contribution in [0.5, 0.6) is 0 Å². The zero-order valence-electron chi connectivity index (χ0n) is 77.8. The fourth-order valence-electron chi connectivity index (χ4n) is 14.8. The van der Waals surface area contributed by atoms with Crippen molar-refractivity contribution >= 4 is 70.9 Å². The molecule has 0 saturated heterocycles. The van der Waals surface area contributed by atoms with Crippen molar-refractivity contribution in [2.75, 3.05) is 131 Å². The normalized spacial score (nSPS) is 11.1. The lowest BCUT2D eigenvalue weighted by Crippen LogP contribution is -2.36. The number of carbonyl (C=O) groups excluding carboxylic acids is 12. The Morgan fingerprint density at radius 3 is 0.453 bits per heavy atom. The van der Waals surface area contributed by atoms with E-state index in [0.29, 0.717) is 130 Å². The van der Waals surface area contributed by atoms with E-state index >= 15 is 0 Å². The highest BCUT2D eigenvalue weighted by atomic mass is 16.2. The quantitative estimate of drug-likeness (QED) is 0.0252. The summed E-state index contributed by atoms with van der Waals surface area (Å²) in [4.78, 5) is 173. The summed E-state index contributed by atoms with van der Waals surface area (Å²) in [7, 11) is 0.